The molecule has 5 heteroatoms. The van der Waals surface area contributed by atoms with Gasteiger partial charge in [-0.25, -0.2) is 0 Å². The molecule has 4 saturated heterocycles. The zero-order valence-electron chi connectivity index (χ0n) is 15.2. The molecule has 5 nitrogen and oxygen atoms in total. The zero-order valence-corrected chi connectivity index (χ0v) is 15.2. The van der Waals surface area contributed by atoms with E-state index in [1.807, 2.05) is 0 Å². The van der Waals surface area contributed by atoms with Crippen LogP contribution in [0.1, 0.15) is 28.8 Å². The fourth-order valence-corrected chi connectivity index (χ4v) is 5.15. The molecule has 134 valence electrons. The molecule has 2 bridgehead atoms. The van der Waals surface area contributed by atoms with Gasteiger partial charge in [-0.2, -0.15) is 0 Å². The highest BCUT2D eigenvalue weighted by atomic mass is 16.2. The number of hydrogen-bond acceptors (Lipinski definition) is 4. The molecule has 0 N–H and O–H groups in total. The number of piperidine rings is 3. The minimum absolute atomic E-state index is 0.263. The van der Waals surface area contributed by atoms with E-state index in [-0.39, 0.29) is 5.91 Å². The Balaban J connectivity index is 1.36. The molecule has 5 aliphatic heterocycles. The first kappa shape index (κ1) is 15.6. The lowest BCUT2D eigenvalue weighted by molar-refractivity contribution is 0.00846. The molecular weight excluding hydrogens is 312 g/mol. The summed E-state index contributed by atoms with van der Waals surface area (Å²) in [7, 11) is 2.19. The first-order valence-corrected chi connectivity index (χ1v) is 9.79. The number of carbonyl (C=O) groups is 1. The van der Waals surface area contributed by atoms with Gasteiger partial charge in [-0.05, 0) is 62.7 Å². The predicted molar refractivity (Wildman–Crippen MR) is 99.0 cm³/mol. The van der Waals surface area contributed by atoms with Gasteiger partial charge in [-0.15, -0.1) is 0 Å². The van der Waals surface area contributed by atoms with Gasteiger partial charge in [0.05, 0.1) is 0 Å². The number of carbonyl (C=O) groups excluding carboxylic acids is 1. The number of hydrogen-bond donors (Lipinski definition) is 0. The van der Waals surface area contributed by atoms with E-state index in [1.54, 1.807) is 0 Å². The summed E-state index contributed by atoms with van der Waals surface area (Å²) in [6.07, 6.45) is 2.52. The van der Waals surface area contributed by atoms with E-state index < -0.39 is 0 Å². The molecule has 5 aliphatic rings. The topological polar surface area (TPSA) is 30.0 Å². The monoisotopic (exact) mass is 340 g/mol. The van der Waals surface area contributed by atoms with Gasteiger partial charge in [0.25, 0.3) is 5.91 Å². The lowest BCUT2D eigenvalue weighted by Gasteiger charge is -2.48. The predicted octanol–water partition coefficient (Wildman–Crippen LogP) is 1.49. The third-order valence-corrected chi connectivity index (χ3v) is 6.81. The van der Waals surface area contributed by atoms with E-state index in [9.17, 15) is 4.79 Å². The van der Waals surface area contributed by atoms with E-state index in [1.165, 1.54) is 37.2 Å². The minimum atomic E-state index is 0.263. The third-order valence-electron chi connectivity index (χ3n) is 6.81. The van der Waals surface area contributed by atoms with Crippen LogP contribution in [0.25, 0.3) is 0 Å². The Hall–Kier alpha value is -1.59. The molecular formula is C20H28N4O. The van der Waals surface area contributed by atoms with E-state index >= 15 is 0 Å². The third kappa shape index (κ3) is 2.64. The number of benzene rings is 1. The summed E-state index contributed by atoms with van der Waals surface area (Å²) in [5.41, 5.74) is 3.46. The van der Waals surface area contributed by atoms with Crippen LogP contribution in [-0.2, 0) is 6.54 Å². The molecule has 0 spiro atoms. The van der Waals surface area contributed by atoms with Crippen molar-refractivity contribution in [3.63, 3.8) is 0 Å². The number of likely N-dealkylation sites (N-methyl/N-ethyl adjacent to an activating group) is 1. The van der Waals surface area contributed by atoms with Crippen LogP contribution >= 0.6 is 0 Å². The van der Waals surface area contributed by atoms with Gasteiger partial charge in [-0.1, -0.05) is 0 Å². The molecule has 0 aliphatic carbocycles. The van der Waals surface area contributed by atoms with Crippen molar-refractivity contribution in [1.82, 2.24) is 14.7 Å². The smallest absolute Gasteiger partial charge is 0.254 e. The van der Waals surface area contributed by atoms with Gasteiger partial charge in [0, 0.05) is 56.6 Å². The summed E-state index contributed by atoms with van der Waals surface area (Å²) in [6.45, 7) is 8.72. The Bertz CT molecular complexity index is 674. The molecule has 1 aromatic carbocycles. The lowest BCUT2D eigenvalue weighted by atomic mass is 9.83. The Morgan fingerprint density at radius 1 is 1.00 bits per heavy atom. The summed E-state index contributed by atoms with van der Waals surface area (Å²) >= 11 is 0. The number of nitrogens with zero attached hydrogens (tertiary/aromatic N) is 4. The average Bonchev–Trinajstić information content (AvgIpc) is 2.99. The van der Waals surface area contributed by atoms with Crippen molar-refractivity contribution in [3.8, 4) is 0 Å². The maximum atomic E-state index is 13.0. The number of fused-ring (bicyclic) bond motifs is 4. The highest BCUT2D eigenvalue weighted by molar-refractivity contribution is 5.99. The van der Waals surface area contributed by atoms with Gasteiger partial charge in [0.2, 0.25) is 0 Å². The van der Waals surface area contributed by atoms with Crippen molar-refractivity contribution in [2.45, 2.75) is 25.4 Å². The number of rotatable bonds is 2. The van der Waals surface area contributed by atoms with Crippen molar-refractivity contribution >= 4 is 11.6 Å². The zero-order chi connectivity index (χ0) is 17.0. The first-order valence-electron chi connectivity index (χ1n) is 9.79. The van der Waals surface area contributed by atoms with Crippen molar-refractivity contribution in [1.29, 1.82) is 0 Å². The fraction of sp³-hybridized carbons (Fsp3) is 0.650. The number of amides is 1. The molecule has 1 atom stereocenters. The highest BCUT2D eigenvalue weighted by Gasteiger charge is 2.42. The van der Waals surface area contributed by atoms with E-state index in [0.29, 0.717) is 12.0 Å². The van der Waals surface area contributed by atoms with Crippen LogP contribution in [0.2, 0.25) is 0 Å². The molecule has 0 aromatic heterocycles. The molecule has 1 unspecified atom stereocenters. The summed E-state index contributed by atoms with van der Waals surface area (Å²) in [5.74, 6) is 0.971. The SMILES string of the molecule is CN1CCN(c2ccc3c(c2)CN(C2CN4CCC2CC4)C3=O)CC1. The fourth-order valence-electron chi connectivity index (χ4n) is 5.15. The van der Waals surface area contributed by atoms with Crippen LogP contribution in [0.5, 0.6) is 0 Å². The summed E-state index contributed by atoms with van der Waals surface area (Å²) in [6, 6.07) is 6.93. The quantitative estimate of drug-likeness (QED) is 0.816. The summed E-state index contributed by atoms with van der Waals surface area (Å²) < 4.78 is 0. The second kappa shape index (κ2) is 5.99. The molecule has 0 radical (unpaired) electrons. The van der Waals surface area contributed by atoms with E-state index in [2.05, 4.69) is 44.8 Å². The Kier molecular flexibility index (Phi) is 3.75. The highest BCUT2D eigenvalue weighted by Crippen LogP contribution is 2.36. The van der Waals surface area contributed by atoms with Crippen LogP contribution < -0.4 is 4.90 Å². The van der Waals surface area contributed by atoms with Crippen LogP contribution in [0, 0.1) is 5.92 Å². The normalized spacial score (nSPS) is 32.4. The van der Waals surface area contributed by atoms with Gasteiger partial charge >= 0.3 is 0 Å². The second-order valence-electron chi connectivity index (χ2n) is 8.27. The molecule has 1 aromatic rings. The maximum absolute atomic E-state index is 13.0. The summed E-state index contributed by atoms with van der Waals surface area (Å²) in [4.78, 5) is 22.5. The summed E-state index contributed by atoms with van der Waals surface area (Å²) in [5, 5.41) is 0. The second-order valence-corrected chi connectivity index (χ2v) is 8.27. The standard InChI is InChI=1S/C20H28N4O/c1-21-8-10-23(11-9-21)17-2-3-18-16(12-17)13-24(20(18)25)19-14-22-6-4-15(19)5-7-22/h2-3,12,15,19H,4-11,13-14H2,1H3. The Morgan fingerprint density at radius 3 is 2.44 bits per heavy atom. The Morgan fingerprint density at radius 2 is 1.76 bits per heavy atom. The van der Waals surface area contributed by atoms with E-state index in [0.717, 1.165) is 44.8 Å². The van der Waals surface area contributed by atoms with Crippen LogP contribution in [0.4, 0.5) is 5.69 Å². The molecule has 4 fully saturated rings. The largest absolute Gasteiger partial charge is 0.369 e. The van der Waals surface area contributed by atoms with Crippen molar-refractivity contribution < 1.29 is 4.79 Å². The molecule has 1 amide bonds. The van der Waals surface area contributed by atoms with Gasteiger partial charge in [0.1, 0.15) is 0 Å². The lowest BCUT2D eigenvalue weighted by Crippen LogP contribution is -2.57. The van der Waals surface area contributed by atoms with Crippen LogP contribution in [0.15, 0.2) is 18.2 Å². The van der Waals surface area contributed by atoms with Crippen molar-refractivity contribution in [2.24, 2.45) is 5.92 Å². The average molecular weight is 340 g/mol. The van der Waals surface area contributed by atoms with Gasteiger partial charge in [0.15, 0.2) is 0 Å². The Labute approximate surface area is 150 Å². The number of piperazine rings is 1. The molecule has 25 heavy (non-hydrogen) atoms. The van der Waals surface area contributed by atoms with Gasteiger partial charge < -0.3 is 19.6 Å². The van der Waals surface area contributed by atoms with Crippen LogP contribution in [0.3, 0.4) is 0 Å². The molecule has 5 heterocycles. The maximum Gasteiger partial charge on any atom is 0.254 e. The van der Waals surface area contributed by atoms with E-state index in [4.69, 9.17) is 0 Å². The van der Waals surface area contributed by atoms with Gasteiger partial charge in [-0.3, -0.25) is 4.79 Å². The first-order chi connectivity index (χ1) is 12.2. The van der Waals surface area contributed by atoms with Crippen LogP contribution in [-0.4, -0.2) is 79.5 Å². The molecule has 0 saturated carbocycles. The minimum Gasteiger partial charge on any atom is -0.369 e. The molecule has 6 rings (SSSR count). The number of anilines is 1. The van der Waals surface area contributed by atoms with Crippen molar-refractivity contribution in [2.75, 3.05) is 57.8 Å². The van der Waals surface area contributed by atoms with Crippen molar-refractivity contribution in [3.05, 3.63) is 29.3 Å².